The number of anilines is 2. The zero-order valence-corrected chi connectivity index (χ0v) is 18.7. The maximum atomic E-state index is 5.58. The molecule has 172 valence electrons. The lowest BCUT2D eigenvalue weighted by Crippen LogP contribution is -2.36. The van der Waals surface area contributed by atoms with Crippen molar-refractivity contribution >= 4 is 22.5 Å². The van der Waals surface area contributed by atoms with E-state index in [1.807, 2.05) is 12.4 Å². The van der Waals surface area contributed by atoms with E-state index in [-0.39, 0.29) is 6.04 Å². The topological polar surface area (TPSA) is 87.7 Å². The Bertz CT molecular complexity index is 1110. The number of hydrogen-bond acceptors (Lipinski definition) is 9. The van der Waals surface area contributed by atoms with Crippen LogP contribution in [0.4, 0.5) is 11.6 Å². The largest absolute Gasteiger partial charge is 0.378 e. The minimum atomic E-state index is 0.149. The minimum Gasteiger partial charge on any atom is -0.378 e. The van der Waals surface area contributed by atoms with E-state index in [9.17, 15) is 0 Å². The van der Waals surface area contributed by atoms with Crippen molar-refractivity contribution in [1.82, 2.24) is 25.8 Å². The Morgan fingerprint density at radius 3 is 2.30 bits per heavy atom. The molecule has 0 aromatic carbocycles. The molecule has 6 heterocycles. The molecule has 3 aromatic rings. The van der Waals surface area contributed by atoms with Crippen LogP contribution in [-0.4, -0.2) is 74.1 Å². The van der Waals surface area contributed by atoms with Crippen molar-refractivity contribution < 1.29 is 9.47 Å². The summed E-state index contributed by atoms with van der Waals surface area (Å²) < 4.78 is 11.1. The third kappa shape index (κ3) is 4.13. The van der Waals surface area contributed by atoms with Gasteiger partial charge in [-0.2, -0.15) is 0 Å². The van der Waals surface area contributed by atoms with Gasteiger partial charge in [-0.15, -0.1) is 0 Å². The predicted molar refractivity (Wildman–Crippen MR) is 127 cm³/mol. The van der Waals surface area contributed by atoms with Crippen LogP contribution in [0.5, 0.6) is 0 Å². The number of ether oxygens (including phenoxy) is 2. The summed E-state index contributed by atoms with van der Waals surface area (Å²) in [5.41, 5.74) is 10.8. The first-order valence-electron chi connectivity index (χ1n) is 11.8. The molecule has 0 radical (unpaired) electrons. The van der Waals surface area contributed by atoms with Gasteiger partial charge in [-0.25, -0.2) is 15.4 Å². The Morgan fingerprint density at radius 2 is 1.64 bits per heavy atom. The Labute approximate surface area is 193 Å². The molecule has 0 spiro atoms. The number of hydrogen-bond donors (Lipinski definition) is 2. The highest BCUT2D eigenvalue weighted by Crippen LogP contribution is 2.35. The molecule has 3 aliphatic heterocycles. The van der Waals surface area contributed by atoms with E-state index in [0.29, 0.717) is 0 Å². The normalized spacial score (nSPS) is 21.6. The maximum Gasteiger partial charge on any atom is 0.130 e. The van der Waals surface area contributed by atoms with E-state index in [1.54, 1.807) is 0 Å². The Morgan fingerprint density at radius 1 is 0.879 bits per heavy atom. The molecular weight excluding hydrogens is 418 g/mol. The molecule has 0 bridgehead atoms. The Hall–Kier alpha value is -2.85. The van der Waals surface area contributed by atoms with Crippen molar-refractivity contribution in [3.63, 3.8) is 0 Å². The van der Waals surface area contributed by atoms with Crippen LogP contribution in [0, 0.1) is 0 Å². The summed E-state index contributed by atoms with van der Waals surface area (Å²) >= 11 is 0. The summed E-state index contributed by atoms with van der Waals surface area (Å²) in [6, 6.07) is 8.71. The Kier molecular flexibility index (Phi) is 5.77. The lowest BCUT2D eigenvalue weighted by molar-refractivity contribution is 0.122. The number of nitrogens with one attached hydrogen (secondary N) is 2. The molecule has 0 aliphatic carbocycles. The first-order valence-corrected chi connectivity index (χ1v) is 11.8. The average Bonchev–Trinajstić information content (AvgIpc) is 3.44. The van der Waals surface area contributed by atoms with Gasteiger partial charge in [-0.1, -0.05) is 0 Å². The van der Waals surface area contributed by atoms with Crippen molar-refractivity contribution in [2.75, 3.05) is 69.0 Å². The molecule has 3 aromatic heterocycles. The van der Waals surface area contributed by atoms with Crippen molar-refractivity contribution in [2.24, 2.45) is 0 Å². The number of nitrogens with zero attached hydrogens (tertiary/aromatic N) is 5. The van der Waals surface area contributed by atoms with Crippen LogP contribution in [-0.2, 0) is 9.47 Å². The summed E-state index contributed by atoms with van der Waals surface area (Å²) in [5.74, 6) is 1.97. The maximum absolute atomic E-state index is 5.58. The summed E-state index contributed by atoms with van der Waals surface area (Å²) in [4.78, 5) is 19.2. The standard InChI is InChI=1S/C24H29N7O2/c1-2-21(30-7-11-32-12-8-30)26-16-17(1)19-15-22(31-9-13-33-14-10-31)28-23-18(19)3-5-25-24(23)20-4-6-27-29-20/h1-3,5,15-16,20,27,29H,4,6-14H2. The molecule has 2 N–H and O–H groups in total. The summed E-state index contributed by atoms with van der Waals surface area (Å²) in [7, 11) is 0. The second-order valence-electron chi connectivity index (χ2n) is 8.64. The molecule has 1 atom stereocenters. The van der Waals surface area contributed by atoms with Gasteiger partial charge in [0.05, 0.1) is 43.7 Å². The first-order chi connectivity index (χ1) is 16.4. The number of rotatable bonds is 4. The van der Waals surface area contributed by atoms with E-state index in [4.69, 9.17) is 24.4 Å². The van der Waals surface area contributed by atoms with Gasteiger partial charge in [0, 0.05) is 56.1 Å². The zero-order valence-electron chi connectivity index (χ0n) is 18.7. The van der Waals surface area contributed by atoms with E-state index >= 15 is 0 Å². The van der Waals surface area contributed by atoms with Crippen molar-refractivity contribution in [3.8, 4) is 11.1 Å². The molecule has 9 nitrogen and oxygen atoms in total. The van der Waals surface area contributed by atoms with E-state index in [2.05, 4.69) is 44.9 Å². The number of hydrazine groups is 1. The fourth-order valence-corrected chi connectivity index (χ4v) is 4.82. The molecular formula is C24H29N7O2. The monoisotopic (exact) mass is 447 g/mol. The van der Waals surface area contributed by atoms with Crippen LogP contribution in [0.2, 0.25) is 0 Å². The third-order valence-electron chi connectivity index (χ3n) is 6.64. The highest BCUT2D eigenvalue weighted by atomic mass is 16.5. The third-order valence-corrected chi connectivity index (χ3v) is 6.64. The number of morpholine rings is 2. The molecule has 33 heavy (non-hydrogen) atoms. The average molecular weight is 448 g/mol. The minimum absolute atomic E-state index is 0.149. The van der Waals surface area contributed by atoms with Crippen molar-refractivity contribution in [1.29, 1.82) is 0 Å². The van der Waals surface area contributed by atoms with Crippen LogP contribution in [0.15, 0.2) is 36.7 Å². The van der Waals surface area contributed by atoms with E-state index in [1.165, 1.54) is 0 Å². The summed E-state index contributed by atoms with van der Waals surface area (Å²) in [6.45, 7) is 7.30. The van der Waals surface area contributed by atoms with Crippen LogP contribution in [0.25, 0.3) is 22.0 Å². The van der Waals surface area contributed by atoms with Crippen LogP contribution in [0.1, 0.15) is 18.2 Å². The quantitative estimate of drug-likeness (QED) is 0.623. The number of fused-ring (bicyclic) bond motifs is 1. The smallest absolute Gasteiger partial charge is 0.130 e. The number of aromatic nitrogens is 3. The van der Waals surface area contributed by atoms with Gasteiger partial charge >= 0.3 is 0 Å². The molecule has 6 rings (SSSR count). The van der Waals surface area contributed by atoms with Gasteiger partial charge in [-0.3, -0.25) is 10.4 Å². The van der Waals surface area contributed by atoms with Gasteiger partial charge in [0.1, 0.15) is 11.6 Å². The Balaban J connectivity index is 1.44. The molecule has 1 unspecified atom stereocenters. The fourth-order valence-electron chi connectivity index (χ4n) is 4.82. The second-order valence-corrected chi connectivity index (χ2v) is 8.64. The highest BCUT2D eigenvalue weighted by molar-refractivity contribution is 5.97. The van der Waals surface area contributed by atoms with Gasteiger partial charge in [0.15, 0.2) is 0 Å². The predicted octanol–water partition coefficient (Wildman–Crippen LogP) is 1.90. The molecule has 3 aliphatic rings. The molecule has 0 saturated carbocycles. The van der Waals surface area contributed by atoms with Gasteiger partial charge in [-0.05, 0) is 36.2 Å². The van der Waals surface area contributed by atoms with Crippen molar-refractivity contribution in [2.45, 2.75) is 12.5 Å². The first kappa shape index (κ1) is 20.7. The lowest BCUT2D eigenvalue weighted by Gasteiger charge is -2.29. The van der Waals surface area contributed by atoms with Crippen LogP contribution >= 0.6 is 0 Å². The van der Waals surface area contributed by atoms with Gasteiger partial charge in [0.25, 0.3) is 0 Å². The lowest BCUT2D eigenvalue weighted by atomic mass is 10.00. The molecule has 3 fully saturated rings. The van der Waals surface area contributed by atoms with Crippen molar-refractivity contribution in [3.05, 3.63) is 42.4 Å². The highest BCUT2D eigenvalue weighted by Gasteiger charge is 2.24. The van der Waals surface area contributed by atoms with E-state index in [0.717, 1.165) is 105 Å². The van der Waals surface area contributed by atoms with Crippen LogP contribution < -0.4 is 20.7 Å². The summed E-state index contributed by atoms with van der Waals surface area (Å²) in [5, 5.41) is 1.10. The molecule has 0 amide bonds. The fraction of sp³-hybridized carbons (Fsp3) is 0.458. The number of pyridine rings is 3. The summed E-state index contributed by atoms with van der Waals surface area (Å²) in [6.07, 6.45) is 4.87. The second kappa shape index (κ2) is 9.18. The molecule has 3 saturated heterocycles. The SMILES string of the molecule is c1cc2c(-c3ccc(N4CCOCC4)nc3)cc(N3CCOCC3)nc2c(C2CCNN2)n1. The van der Waals surface area contributed by atoms with Crippen LogP contribution in [0.3, 0.4) is 0 Å². The molecule has 9 heteroatoms. The van der Waals surface area contributed by atoms with E-state index < -0.39 is 0 Å². The van der Waals surface area contributed by atoms with Gasteiger partial charge < -0.3 is 19.3 Å². The zero-order chi connectivity index (χ0) is 22.0. The van der Waals surface area contributed by atoms with Gasteiger partial charge in [0.2, 0.25) is 0 Å².